The number of hydrogen-bond donors (Lipinski definition) is 1. The minimum absolute atomic E-state index is 0.500. The van der Waals surface area contributed by atoms with Crippen LogP contribution in [-0.4, -0.2) is 82.1 Å². The Balaban J connectivity index is 1.31. The molecule has 7 nitrogen and oxygen atoms in total. The number of methoxy groups -OCH3 is 3. The summed E-state index contributed by atoms with van der Waals surface area (Å²) in [5, 5.41) is 11.8. The average Bonchev–Trinajstić information content (AvgIpc) is 2.98. The van der Waals surface area contributed by atoms with E-state index in [9.17, 15) is 5.11 Å². The van der Waals surface area contributed by atoms with Gasteiger partial charge in [-0.2, -0.15) is 0 Å². The molecule has 3 aromatic carbocycles. The number of hydrogen-bond acceptors (Lipinski definition) is 7. The van der Waals surface area contributed by atoms with E-state index < -0.39 is 5.60 Å². The summed E-state index contributed by atoms with van der Waals surface area (Å²) in [6.45, 7) is 7.65. The molecule has 4 rings (SSSR count). The topological polar surface area (TPSA) is 63.6 Å². The van der Waals surface area contributed by atoms with Crippen LogP contribution in [0.3, 0.4) is 0 Å². The van der Waals surface area contributed by atoms with E-state index in [1.54, 1.807) is 21.3 Å². The number of rotatable bonds is 13. The molecule has 0 amide bonds. The summed E-state index contributed by atoms with van der Waals surface area (Å²) in [7, 11) is 4.77. The Labute approximate surface area is 232 Å². The van der Waals surface area contributed by atoms with Gasteiger partial charge in [0.2, 0.25) is 5.75 Å². The van der Waals surface area contributed by atoms with Crippen LogP contribution >= 0.6 is 0 Å². The minimum atomic E-state index is -1.07. The lowest BCUT2D eigenvalue weighted by Crippen LogP contribution is -2.51. The molecule has 0 spiro atoms. The Hall–Kier alpha value is -3.26. The predicted octanol–water partition coefficient (Wildman–Crippen LogP) is 4.60. The molecule has 1 aliphatic rings. The SMILES string of the molecule is CCC(O)(CN1CCN(CCOc2ccccc2Cc2ccccc2)CC1)c1ccc(OC)c(OC)c1OC. The Kier molecular flexibility index (Phi) is 10.1. The van der Waals surface area contributed by atoms with Crippen molar-refractivity contribution in [2.24, 2.45) is 0 Å². The first-order chi connectivity index (χ1) is 19.0. The van der Waals surface area contributed by atoms with E-state index in [0.717, 1.165) is 50.5 Å². The third-order valence-corrected chi connectivity index (χ3v) is 7.62. The van der Waals surface area contributed by atoms with E-state index in [1.165, 1.54) is 11.1 Å². The number of ether oxygens (including phenoxy) is 4. The molecule has 0 saturated carbocycles. The van der Waals surface area contributed by atoms with Crippen molar-refractivity contribution >= 4 is 0 Å². The molecule has 3 aromatic rings. The fraction of sp³-hybridized carbons (Fsp3) is 0.438. The summed E-state index contributed by atoms with van der Waals surface area (Å²) in [6.07, 6.45) is 1.41. The third-order valence-electron chi connectivity index (χ3n) is 7.62. The smallest absolute Gasteiger partial charge is 0.203 e. The van der Waals surface area contributed by atoms with Gasteiger partial charge in [0, 0.05) is 51.3 Å². The van der Waals surface area contributed by atoms with Gasteiger partial charge in [0.25, 0.3) is 0 Å². The molecule has 1 heterocycles. The van der Waals surface area contributed by atoms with Crippen molar-refractivity contribution in [1.82, 2.24) is 9.80 Å². The predicted molar refractivity (Wildman–Crippen MR) is 154 cm³/mol. The lowest BCUT2D eigenvalue weighted by molar-refractivity contribution is -0.0195. The summed E-state index contributed by atoms with van der Waals surface area (Å²) < 4.78 is 22.9. The zero-order chi connectivity index (χ0) is 27.7. The number of β-amino-alcohol motifs (C(OH)–C–C–N with tert-alkyl or cyclic N) is 1. The van der Waals surface area contributed by atoms with Crippen LogP contribution in [0.4, 0.5) is 0 Å². The van der Waals surface area contributed by atoms with Crippen LogP contribution in [0.15, 0.2) is 66.7 Å². The second-order valence-electron chi connectivity index (χ2n) is 10.0. The maximum absolute atomic E-state index is 11.8. The molecule has 1 atom stereocenters. The Morgan fingerprint density at radius 1 is 0.744 bits per heavy atom. The molecule has 0 aromatic heterocycles. The van der Waals surface area contributed by atoms with E-state index in [1.807, 2.05) is 31.2 Å². The molecule has 1 fully saturated rings. The van der Waals surface area contributed by atoms with Gasteiger partial charge in [-0.25, -0.2) is 0 Å². The van der Waals surface area contributed by atoms with E-state index in [-0.39, 0.29) is 0 Å². The van der Waals surface area contributed by atoms with Gasteiger partial charge in [-0.05, 0) is 35.7 Å². The number of nitrogens with zero attached hydrogens (tertiary/aromatic N) is 2. The van der Waals surface area contributed by atoms with Gasteiger partial charge >= 0.3 is 0 Å². The van der Waals surface area contributed by atoms with Crippen molar-refractivity contribution in [1.29, 1.82) is 0 Å². The second-order valence-corrected chi connectivity index (χ2v) is 10.0. The van der Waals surface area contributed by atoms with Crippen LogP contribution < -0.4 is 18.9 Å². The summed E-state index contributed by atoms with van der Waals surface area (Å²) in [5.41, 5.74) is 2.13. The third kappa shape index (κ3) is 7.04. The first-order valence-corrected chi connectivity index (χ1v) is 13.7. The fourth-order valence-electron chi connectivity index (χ4n) is 5.29. The Morgan fingerprint density at radius 3 is 2.08 bits per heavy atom. The molecule has 1 N–H and O–H groups in total. The maximum atomic E-state index is 11.8. The van der Waals surface area contributed by atoms with E-state index >= 15 is 0 Å². The fourth-order valence-corrected chi connectivity index (χ4v) is 5.29. The van der Waals surface area contributed by atoms with Gasteiger partial charge in [0.05, 0.1) is 21.3 Å². The van der Waals surface area contributed by atoms with E-state index in [0.29, 0.717) is 36.8 Å². The monoisotopic (exact) mass is 534 g/mol. The van der Waals surface area contributed by atoms with E-state index in [4.69, 9.17) is 18.9 Å². The zero-order valence-electron chi connectivity index (χ0n) is 23.7. The van der Waals surface area contributed by atoms with Crippen molar-refractivity contribution in [3.63, 3.8) is 0 Å². The molecule has 0 bridgehead atoms. The van der Waals surface area contributed by atoms with Gasteiger partial charge in [-0.1, -0.05) is 55.5 Å². The summed E-state index contributed by atoms with van der Waals surface area (Å²) in [5.74, 6) is 2.55. The highest BCUT2D eigenvalue weighted by Gasteiger charge is 2.36. The second kappa shape index (κ2) is 13.7. The molecule has 210 valence electrons. The molecule has 7 heteroatoms. The van der Waals surface area contributed by atoms with Gasteiger partial charge in [0.1, 0.15) is 18.0 Å². The lowest BCUT2D eigenvalue weighted by Gasteiger charge is -2.40. The van der Waals surface area contributed by atoms with E-state index in [2.05, 4.69) is 52.3 Å². The van der Waals surface area contributed by atoms with Crippen molar-refractivity contribution in [2.45, 2.75) is 25.4 Å². The molecule has 1 unspecified atom stereocenters. The maximum Gasteiger partial charge on any atom is 0.203 e. The van der Waals surface area contributed by atoms with Gasteiger partial charge in [0.15, 0.2) is 11.5 Å². The summed E-state index contributed by atoms with van der Waals surface area (Å²) >= 11 is 0. The molecule has 1 aliphatic heterocycles. The van der Waals surface area contributed by atoms with Crippen molar-refractivity contribution < 1.29 is 24.1 Å². The molecular weight excluding hydrogens is 492 g/mol. The highest BCUT2D eigenvalue weighted by atomic mass is 16.5. The van der Waals surface area contributed by atoms with Crippen LogP contribution in [0.25, 0.3) is 0 Å². The molecule has 0 aliphatic carbocycles. The molecule has 1 saturated heterocycles. The quantitative estimate of drug-likeness (QED) is 0.344. The van der Waals surface area contributed by atoms with Crippen LogP contribution in [0.2, 0.25) is 0 Å². The summed E-state index contributed by atoms with van der Waals surface area (Å²) in [6, 6.07) is 22.5. The van der Waals surface area contributed by atoms with Crippen LogP contribution in [0, 0.1) is 0 Å². The molecule has 39 heavy (non-hydrogen) atoms. The largest absolute Gasteiger partial charge is 0.493 e. The highest BCUT2D eigenvalue weighted by Crippen LogP contribution is 2.45. The number of benzene rings is 3. The average molecular weight is 535 g/mol. The first-order valence-electron chi connectivity index (χ1n) is 13.7. The molecule has 0 radical (unpaired) electrons. The normalized spacial score (nSPS) is 15.9. The van der Waals surface area contributed by atoms with Gasteiger partial charge in [-0.15, -0.1) is 0 Å². The number of para-hydroxylation sites is 1. The summed E-state index contributed by atoms with van der Waals surface area (Å²) in [4.78, 5) is 4.75. The van der Waals surface area contributed by atoms with Crippen molar-refractivity contribution in [3.05, 3.63) is 83.4 Å². The number of aliphatic hydroxyl groups is 1. The van der Waals surface area contributed by atoms with Crippen LogP contribution in [0.1, 0.15) is 30.0 Å². The van der Waals surface area contributed by atoms with Crippen molar-refractivity contribution in [3.8, 4) is 23.0 Å². The number of piperazine rings is 1. The Morgan fingerprint density at radius 2 is 1.41 bits per heavy atom. The molecular formula is C32H42N2O5. The minimum Gasteiger partial charge on any atom is -0.493 e. The standard InChI is InChI=1S/C32H42N2O5/c1-5-32(35,27-15-16-29(36-2)31(38-4)30(27)37-3)24-34-19-17-33(18-20-34)21-22-39-28-14-10-9-13-26(28)23-25-11-7-6-8-12-25/h6-16,35H,5,17-24H2,1-4H3. The Bertz CT molecular complexity index is 1180. The first kappa shape index (κ1) is 28.7. The van der Waals surface area contributed by atoms with Crippen molar-refractivity contribution in [2.75, 3.05) is 67.2 Å². The van der Waals surface area contributed by atoms with Crippen LogP contribution in [0.5, 0.6) is 23.0 Å². The zero-order valence-corrected chi connectivity index (χ0v) is 23.7. The van der Waals surface area contributed by atoms with Crippen LogP contribution in [-0.2, 0) is 12.0 Å². The van der Waals surface area contributed by atoms with Gasteiger partial charge < -0.3 is 24.1 Å². The van der Waals surface area contributed by atoms with Gasteiger partial charge in [-0.3, -0.25) is 9.80 Å². The highest BCUT2D eigenvalue weighted by molar-refractivity contribution is 5.57. The lowest BCUT2D eigenvalue weighted by atomic mass is 9.89.